The number of carbonyl (C=O) groups is 1. The fourth-order valence-corrected chi connectivity index (χ4v) is 3.19. The third-order valence-corrected chi connectivity index (χ3v) is 4.84. The Bertz CT molecular complexity index is 522. The average Bonchev–Trinajstić information content (AvgIpc) is 2.39. The van der Waals surface area contributed by atoms with E-state index in [1.807, 2.05) is 6.92 Å². The lowest BCUT2D eigenvalue weighted by Crippen LogP contribution is -2.31. The Morgan fingerprint density at radius 3 is 2.21 bits per heavy atom. The molecule has 0 amide bonds. The molecule has 0 aromatic heterocycles. The predicted octanol–water partition coefficient (Wildman–Crippen LogP) is 2.20. The number of nitrogens with zero attached hydrogens (tertiary/aromatic N) is 1. The molecule has 19 heavy (non-hydrogen) atoms. The van der Waals surface area contributed by atoms with Crippen molar-refractivity contribution in [1.29, 1.82) is 0 Å². The van der Waals surface area contributed by atoms with E-state index < -0.39 is 16.0 Å². The first kappa shape index (κ1) is 15.7. The van der Waals surface area contributed by atoms with Gasteiger partial charge in [-0.05, 0) is 30.7 Å². The molecule has 0 heterocycles. The smallest absolute Gasteiger partial charge is 0.335 e. The van der Waals surface area contributed by atoms with Crippen molar-refractivity contribution in [3.63, 3.8) is 0 Å². The van der Waals surface area contributed by atoms with Gasteiger partial charge in [-0.2, -0.15) is 4.31 Å². The number of unbranched alkanes of at least 4 members (excludes halogenated alkanes) is 1. The molecule has 0 bridgehead atoms. The SMILES string of the molecule is CCCCN(CC)S(=O)(=O)c1ccc(C(=O)O)cc1. The number of rotatable bonds is 7. The third-order valence-electron chi connectivity index (χ3n) is 2.85. The van der Waals surface area contributed by atoms with Crippen molar-refractivity contribution in [2.24, 2.45) is 0 Å². The number of carboxylic acids is 1. The summed E-state index contributed by atoms with van der Waals surface area (Å²) >= 11 is 0. The van der Waals surface area contributed by atoms with E-state index >= 15 is 0 Å². The van der Waals surface area contributed by atoms with Crippen LogP contribution in [0.4, 0.5) is 0 Å². The monoisotopic (exact) mass is 285 g/mol. The van der Waals surface area contributed by atoms with Gasteiger partial charge in [0, 0.05) is 13.1 Å². The highest BCUT2D eigenvalue weighted by Gasteiger charge is 2.22. The van der Waals surface area contributed by atoms with Crippen LogP contribution in [0.3, 0.4) is 0 Å². The molecule has 0 spiro atoms. The normalized spacial score (nSPS) is 11.7. The van der Waals surface area contributed by atoms with E-state index in [4.69, 9.17) is 5.11 Å². The van der Waals surface area contributed by atoms with E-state index in [0.717, 1.165) is 12.8 Å². The molecular weight excluding hydrogens is 266 g/mol. The van der Waals surface area contributed by atoms with E-state index in [1.165, 1.54) is 28.6 Å². The predicted molar refractivity (Wildman–Crippen MR) is 72.7 cm³/mol. The summed E-state index contributed by atoms with van der Waals surface area (Å²) in [4.78, 5) is 10.9. The first-order valence-electron chi connectivity index (χ1n) is 6.27. The molecule has 6 heteroatoms. The van der Waals surface area contributed by atoms with Crippen molar-refractivity contribution in [2.75, 3.05) is 13.1 Å². The van der Waals surface area contributed by atoms with Crippen LogP contribution in [0.25, 0.3) is 0 Å². The number of aromatic carboxylic acids is 1. The Kier molecular flexibility index (Phi) is 5.50. The minimum Gasteiger partial charge on any atom is -0.478 e. The zero-order chi connectivity index (χ0) is 14.5. The molecule has 0 aliphatic heterocycles. The lowest BCUT2D eigenvalue weighted by atomic mass is 10.2. The molecule has 1 rings (SSSR count). The molecule has 1 N–H and O–H groups in total. The molecule has 0 atom stereocenters. The first-order valence-corrected chi connectivity index (χ1v) is 7.71. The molecule has 0 saturated carbocycles. The minimum atomic E-state index is -3.53. The molecule has 0 saturated heterocycles. The largest absolute Gasteiger partial charge is 0.478 e. The summed E-state index contributed by atoms with van der Waals surface area (Å²) in [5, 5.41) is 8.79. The van der Waals surface area contributed by atoms with Crippen molar-refractivity contribution < 1.29 is 18.3 Å². The molecule has 0 radical (unpaired) electrons. The zero-order valence-corrected chi connectivity index (χ0v) is 12.0. The van der Waals surface area contributed by atoms with Crippen LogP contribution in [-0.4, -0.2) is 36.9 Å². The Balaban J connectivity index is 3.01. The Morgan fingerprint density at radius 2 is 1.79 bits per heavy atom. The Morgan fingerprint density at radius 1 is 1.21 bits per heavy atom. The highest BCUT2D eigenvalue weighted by atomic mass is 32.2. The summed E-state index contributed by atoms with van der Waals surface area (Å²) in [6.07, 6.45) is 1.73. The van der Waals surface area contributed by atoms with Gasteiger partial charge in [-0.15, -0.1) is 0 Å². The van der Waals surface area contributed by atoms with Gasteiger partial charge in [0.1, 0.15) is 0 Å². The average molecular weight is 285 g/mol. The van der Waals surface area contributed by atoms with Crippen LogP contribution in [0.15, 0.2) is 29.2 Å². The van der Waals surface area contributed by atoms with E-state index in [2.05, 4.69) is 0 Å². The molecule has 5 nitrogen and oxygen atoms in total. The van der Waals surface area contributed by atoms with Crippen LogP contribution in [0.5, 0.6) is 0 Å². The summed E-state index contributed by atoms with van der Waals surface area (Å²) in [6.45, 7) is 4.68. The van der Waals surface area contributed by atoms with E-state index in [0.29, 0.717) is 13.1 Å². The standard InChI is InChI=1S/C13H19NO4S/c1-3-5-10-14(4-2)19(17,18)12-8-6-11(7-9-12)13(15)16/h6-9H,3-5,10H2,1-2H3,(H,15,16). The lowest BCUT2D eigenvalue weighted by molar-refractivity contribution is 0.0696. The number of benzene rings is 1. The second kappa shape index (κ2) is 6.68. The van der Waals surface area contributed by atoms with Crippen LogP contribution in [0.1, 0.15) is 37.0 Å². The third kappa shape index (κ3) is 3.78. The van der Waals surface area contributed by atoms with Gasteiger partial charge in [-0.3, -0.25) is 0 Å². The maximum absolute atomic E-state index is 12.3. The van der Waals surface area contributed by atoms with Gasteiger partial charge in [0.15, 0.2) is 0 Å². The summed E-state index contributed by atoms with van der Waals surface area (Å²) < 4.78 is 26.1. The van der Waals surface area contributed by atoms with E-state index in [1.54, 1.807) is 6.92 Å². The van der Waals surface area contributed by atoms with Gasteiger partial charge in [0.25, 0.3) is 0 Å². The Hall–Kier alpha value is -1.40. The molecule has 0 unspecified atom stereocenters. The second-order valence-corrected chi connectivity index (χ2v) is 6.12. The molecule has 1 aromatic rings. The molecule has 1 aromatic carbocycles. The molecule has 106 valence electrons. The van der Waals surface area contributed by atoms with Gasteiger partial charge < -0.3 is 5.11 Å². The Labute approximate surface area is 113 Å². The molecular formula is C13H19NO4S. The maximum Gasteiger partial charge on any atom is 0.335 e. The van der Waals surface area contributed by atoms with Crippen molar-refractivity contribution in [1.82, 2.24) is 4.31 Å². The van der Waals surface area contributed by atoms with Crippen molar-refractivity contribution >= 4 is 16.0 Å². The zero-order valence-electron chi connectivity index (χ0n) is 11.2. The van der Waals surface area contributed by atoms with Gasteiger partial charge >= 0.3 is 5.97 Å². The van der Waals surface area contributed by atoms with Gasteiger partial charge in [-0.1, -0.05) is 20.3 Å². The van der Waals surface area contributed by atoms with E-state index in [9.17, 15) is 13.2 Å². The fraction of sp³-hybridized carbons (Fsp3) is 0.462. The first-order chi connectivity index (χ1) is 8.93. The number of hydrogen-bond donors (Lipinski definition) is 1. The van der Waals surface area contributed by atoms with Crippen LogP contribution in [0, 0.1) is 0 Å². The second-order valence-electron chi connectivity index (χ2n) is 4.18. The number of sulfonamides is 1. The quantitative estimate of drug-likeness (QED) is 0.833. The van der Waals surface area contributed by atoms with Crippen LogP contribution >= 0.6 is 0 Å². The molecule has 0 aliphatic carbocycles. The number of carboxylic acid groups (broad SMARTS) is 1. The van der Waals surface area contributed by atoms with Gasteiger partial charge in [-0.25, -0.2) is 13.2 Å². The summed E-state index contributed by atoms with van der Waals surface area (Å²) in [6, 6.07) is 5.30. The van der Waals surface area contributed by atoms with Crippen LogP contribution in [0.2, 0.25) is 0 Å². The summed E-state index contributed by atoms with van der Waals surface area (Å²) in [5.41, 5.74) is 0.0792. The lowest BCUT2D eigenvalue weighted by Gasteiger charge is -2.20. The molecule has 0 fully saturated rings. The van der Waals surface area contributed by atoms with Gasteiger partial charge in [0.05, 0.1) is 10.5 Å². The summed E-state index contributed by atoms with van der Waals surface area (Å²) in [5.74, 6) is -1.07. The highest BCUT2D eigenvalue weighted by Crippen LogP contribution is 2.17. The van der Waals surface area contributed by atoms with Crippen LogP contribution < -0.4 is 0 Å². The highest BCUT2D eigenvalue weighted by molar-refractivity contribution is 7.89. The topological polar surface area (TPSA) is 74.7 Å². The van der Waals surface area contributed by atoms with Gasteiger partial charge in [0.2, 0.25) is 10.0 Å². The van der Waals surface area contributed by atoms with Crippen molar-refractivity contribution in [3.8, 4) is 0 Å². The summed E-state index contributed by atoms with van der Waals surface area (Å²) in [7, 11) is -3.53. The van der Waals surface area contributed by atoms with Crippen molar-refractivity contribution in [3.05, 3.63) is 29.8 Å². The van der Waals surface area contributed by atoms with Crippen molar-refractivity contribution in [2.45, 2.75) is 31.6 Å². The maximum atomic E-state index is 12.3. The van der Waals surface area contributed by atoms with Crippen LogP contribution in [-0.2, 0) is 10.0 Å². The molecule has 0 aliphatic rings. The fourth-order valence-electron chi connectivity index (χ4n) is 1.70. The number of hydrogen-bond acceptors (Lipinski definition) is 3. The minimum absolute atomic E-state index is 0.0792. The van der Waals surface area contributed by atoms with E-state index in [-0.39, 0.29) is 10.5 Å².